The molecule has 0 radical (unpaired) electrons. The van der Waals surface area contributed by atoms with Gasteiger partial charge < -0.3 is 0 Å². The maximum Gasteiger partial charge on any atom is 0.196 e. The average Bonchev–Trinajstić information content (AvgIpc) is 2.57. The predicted molar refractivity (Wildman–Crippen MR) is 55.6 cm³/mol. The maximum absolute atomic E-state index is 11.8. The maximum atomic E-state index is 11.8. The molecule has 0 unspecified atom stereocenters. The first-order valence-electron chi connectivity index (χ1n) is 4.73. The summed E-state index contributed by atoms with van der Waals surface area (Å²) in [7, 11) is -1.86. The van der Waals surface area contributed by atoms with Gasteiger partial charge in [-0.15, -0.1) is 0 Å². The Morgan fingerprint density at radius 2 is 2.20 bits per heavy atom. The van der Waals surface area contributed by atoms with E-state index < -0.39 is 9.84 Å². The third-order valence-electron chi connectivity index (χ3n) is 2.10. The van der Waals surface area contributed by atoms with E-state index in [4.69, 9.17) is 0 Å². The normalized spacial score (nSPS) is 11.6. The molecule has 0 saturated heterocycles. The van der Waals surface area contributed by atoms with Gasteiger partial charge in [0.25, 0.3) is 0 Å². The molecule has 0 N–H and O–H groups in total. The second-order valence-corrected chi connectivity index (χ2v) is 5.34. The lowest BCUT2D eigenvalue weighted by Gasteiger charge is -2.04. The van der Waals surface area contributed by atoms with E-state index in [2.05, 4.69) is 5.10 Å². The van der Waals surface area contributed by atoms with Gasteiger partial charge >= 0.3 is 0 Å². The third-order valence-corrected chi connectivity index (χ3v) is 4.01. The fraction of sp³-hybridized carbons (Fsp3) is 0.556. The lowest BCUT2D eigenvalue weighted by atomic mass is 10.4. The number of carbonyl (C=O) groups is 1. The average molecular weight is 230 g/mol. The highest BCUT2D eigenvalue weighted by atomic mass is 32.2. The lowest BCUT2D eigenvalue weighted by Crippen LogP contribution is -2.13. The van der Waals surface area contributed by atoms with Gasteiger partial charge in [-0.2, -0.15) is 5.10 Å². The SMILES string of the molecule is CCCCS(=O)(=O)c1c(C=O)cnn1C. The number of nitrogens with zero attached hydrogens (tertiary/aromatic N) is 2. The van der Waals surface area contributed by atoms with E-state index >= 15 is 0 Å². The Morgan fingerprint density at radius 3 is 2.73 bits per heavy atom. The van der Waals surface area contributed by atoms with E-state index in [9.17, 15) is 13.2 Å². The number of hydrogen-bond donors (Lipinski definition) is 0. The monoisotopic (exact) mass is 230 g/mol. The van der Waals surface area contributed by atoms with Gasteiger partial charge in [0.1, 0.15) is 0 Å². The van der Waals surface area contributed by atoms with E-state index in [0.717, 1.165) is 6.42 Å². The molecular formula is C9H14N2O3S. The van der Waals surface area contributed by atoms with Gasteiger partial charge in [0.2, 0.25) is 0 Å². The molecule has 0 aliphatic rings. The number of rotatable bonds is 5. The van der Waals surface area contributed by atoms with Gasteiger partial charge in [-0.05, 0) is 6.42 Å². The van der Waals surface area contributed by atoms with Crippen molar-refractivity contribution < 1.29 is 13.2 Å². The van der Waals surface area contributed by atoms with E-state index in [-0.39, 0.29) is 16.3 Å². The number of aldehydes is 1. The van der Waals surface area contributed by atoms with E-state index in [1.807, 2.05) is 6.92 Å². The Bertz CT molecular complexity index is 448. The molecule has 0 aromatic carbocycles. The predicted octanol–water partition coefficient (Wildman–Crippen LogP) is 0.806. The van der Waals surface area contributed by atoms with Crippen LogP contribution in [-0.2, 0) is 16.9 Å². The minimum Gasteiger partial charge on any atom is -0.298 e. The van der Waals surface area contributed by atoms with Crippen LogP contribution < -0.4 is 0 Å². The summed E-state index contributed by atoms with van der Waals surface area (Å²) >= 11 is 0. The van der Waals surface area contributed by atoms with Crippen molar-refractivity contribution in [3.63, 3.8) is 0 Å². The molecular weight excluding hydrogens is 216 g/mol. The highest BCUT2D eigenvalue weighted by Gasteiger charge is 2.22. The van der Waals surface area contributed by atoms with Crippen molar-refractivity contribution in [1.29, 1.82) is 0 Å². The topological polar surface area (TPSA) is 69.0 Å². The van der Waals surface area contributed by atoms with Crippen molar-refractivity contribution in [1.82, 2.24) is 9.78 Å². The summed E-state index contributed by atoms with van der Waals surface area (Å²) in [6.07, 6.45) is 3.18. The minimum atomic E-state index is -3.38. The smallest absolute Gasteiger partial charge is 0.196 e. The number of aryl methyl sites for hydroxylation is 1. The van der Waals surface area contributed by atoms with Crippen LogP contribution >= 0.6 is 0 Å². The Hall–Kier alpha value is -1.17. The van der Waals surface area contributed by atoms with Gasteiger partial charge in [0.05, 0.1) is 17.5 Å². The van der Waals surface area contributed by atoms with Crippen LogP contribution in [0.5, 0.6) is 0 Å². The van der Waals surface area contributed by atoms with Crippen LogP contribution in [0, 0.1) is 0 Å². The second kappa shape index (κ2) is 4.57. The molecule has 0 saturated carbocycles. The molecule has 0 fully saturated rings. The van der Waals surface area contributed by atoms with Crippen LogP contribution in [0.3, 0.4) is 0 Å². The summed E-state index contributed by atoms with van der Waals surface area (Å²) in [5.41, 5.74) is 0.133. The molecule has 0 spiro atoms. The number of carbonyl (C=O) groups excluding carboxylic acids is 1. The molecule has 1 heterocycles. The van der Waals surface area contributed by atoms with Crippen molar-refractivity contribution in [3.8, 4) is 0 Å². The zero-order valence-corrected chi connectivity index (χ0v) is 9.62. The molecule has 84 valence electrons. The molecule has 1 aromatic rings. The fourth-order valence-electron chi connectivity index (χ4n) is 1.34. The van der Waals surface area contributed by atoms with Crippen LogP contribution in [0.1, 0.15) is 30.1 Å². The number of hydrogen-bond acceptors (Lipinski definition) is 4. The molecule has 15 heavy (non-hydrogen) atoms. The van der Waals surface area contributed by atoms with E-state index in [1.165, 1.54) is 17.9 Å². The lowest BCUT2D eigenvalue weighted by molar-refractivity contribution is 0.112. The summed E-state index contributed by atoms with van der Waals surface area (Å²) in [5.74, 6) is 0.0594. The first kappa shape index (κ1) is 11.9. The summed E-state index contributed by atoms with van der Waals surface area (Å²) < 4.78 is 24.9. The Morgan fingerprint density at radius 1 is 1.53 bits per heavy atom. The first-order valence-corrected chi connectivity index (χ1v) is 6.38. The van der Waals surface area contributed by atoms with Crippen molar-refractivity contribution in [2.24, 2.45) is 7.05 Å². The van der Waals surface area contributed by atoms with Crippen LogP contribution in [0.2, 0.25) is 0 Å². The molecule has 0 aliphatic carbocycles. The Labute approximate surface area is 89.0 Å². The van der Waals surface area contributed by atoms with Crippen LogP contribution in [0.15, 0.2) is 11.2 Å². The summed E-state index contributed by atoms with van der Waals surface area (Å²) in [5, 5.41) is 3.79. The molecule has 0 amide bonds. The summed E-state index contributed by atoms with van der Waals surface area (Å²) in [6.45, 7) is 1.92. The summed E-state index contributed by atoms with van der Waals surface area (Å²) in [4.78, 5) is 10.6. The molecule has 6 heteroatoms. The highest BCUT2D eigenvalue weighted by Crippen LogP contribution is 2.15. The highest BCUT2D eigenvalue weighted by molar-refractivity contribution is 7.91. The Kier molecular flexibility index (Phi) is 3.62. The van der Waals surface area contributed by atoms with Gasteiger partial charge in [-0.3, -0.25) is 9.48 Å². The quantitative estimate of drug-likeness (QED) is 0.702. The van der Waals surface area contributed by atoms with E-state index in [1.54, 1.807) is 0 Å². The molecule has 0 aliphatic heterocycles. The van der Waals surface area contributed by atoms with Gasteiger partial charge in [-0.1, -0.05) is 13.3 Å². The van der Waals surface area contributed by atoms with Gasteiger partial charge in [0, 0.05) is 7.05 Å². The first-order chi connectivity index (χ1) is 7.03. The van der Waals surface area contributed by atoms with Crippen LogP contribution in [-0.4, -0.2) is 30.2 Å². The number of aromatic nitrogens is 2. The van der Waals surface area contributed by atoms with E-state index in [0.29, 0.717) is 12.7 Å². The van der Waals surface area contributed by atoms with Crippen molar-refractivity contribution >= 4 is 16.1 Å². The van der Waals surface area contributed by atoms with Gasteiger partial charge in [0.15, 0.2) is 21.1 Å². The molecule has 1 rings (SSSR count). The van der Waals surface area contributed by atoms with Crippen molar-refractivity contribution in [2.45, 2.75) is 24.8 Å². The second-order valence-electron chi connectivity index (χ2n) is 3.32. The summed E-state index contributed by atoms with van der Waals surface area (Å²) in [6, 6.07) is 0. The molecule has 0 bridgehead atoms. The fourth-order valence-corrected chi connectivity index (χ4v) is 3.11. The van der Waals surface area contributed by atoms with Crippen LogP contribution in [0.4, 0.5) is 0 Å². The zero-order chi connectivity index (χ0) is 11.5. The molecule has 0 atom stereocenters. The third kappa shape index (κ3) is 2.44. The molecule has 1 aromatic heterocycles. The largest absolute Gasteiger partial charge is 0.298 e. The van der Waals surface area contributed by atoms with Crippen molar-refractivity contribution in [2.75, 3.05) is 5.75 Å². The zero-order valence-electron chi connectivity index (χ0n) is 8.80. The number of sulfone groups is 1. The standard InChI is InChI=1S/C9H14N2O3S/c1-3-4-5-15(13,14)9-8(7-12)6-10-11(9)2/h6-7H,3-5H2,1-2H3. The van der Waals surface area contributed by atoms with Gasteiger partial charge in [-0.25, -0.2) is 8.42 Å². The minimum absolute atomic E-state index is 0.0194. The molecule has 5 nitrogen and oxygen atoms in total. The van der Waals surface area contributed by atoms with Crippen LogP contribution in [0.25, 0.3) is 0 Å². The Balaban J connectivity index is 3.14. The number of unbranched alkanes of at least 4 members (excludes halogenated alkanes) is 1. The van der Waals surface area contributed by atoms with Crippen molar-refractivity contribution in [3.05, 3.63) is 11.8 Å².